The van der Waals surface area contributed by atoms with Crippen LogP contribution in [0.25, 0.3) is 22.6 Å². The van der Waals surface area contributed by atoms with Crippen molar-refractivity contribution in [1.29, 1.82) is 0 Å². The van der Waals surface area contributed by atoms with E-state index >= 15 is 0 Å². The van der Waals surface area contributed by atoms with Crippen molar-refractivity contribution >= 4 is 11.0 Å². The first-order chi connectivity index (χ1) is 12.1. The van der Waals surface area contributed by atoms with Crippen LogP contribution in [0, 0.1) is 13.8 Å². The number of hydrogen-bond donors (Lipinski definition) is 2. The Balaban J connectivity index is 0.000000461. The highest BCUT2D eigenvalue weighted by Crippen LogP contribution is 2.24. The number of nitrogens with one attached hydrogen (secondary N) is 2. The number of benzene rings is 1. The number of H-pyrrole nitrogens is 2. The average molecular weight is 338 g/mol. The van der Waals surface area contributed by atoms with Gasteiger partial charge in [0.05, 0.1) is 17.2 Å². The molecule has 4 nitrogen and oxygen atoms in total. The van der Waals surface area contributed by atoms with Gasteiger partial charge in [0.1, 0.15) is 5.69 Å². The summed E-state index contributed by atoms with van der Waals surface area (Å²) in [7, 11) is 0. The number of fused-ring (bicyclic) bond motifs is 1. The number of imidazole rings is 1. The third-order valence-electron chi connectivity index (χ3n) is 3.75. The number of aryl methyl sites for hydroxylation is 2. The minimum absolute atomic E-state index is 0.779. The predicted octanol–water partition coefficient (Wildman–Crippen LogP) is 5.91. The summed E-state index contributed by atoms with van der Waals surface area (Å²) in [6, 6.07) is 4.24. The summed E-state index contributed by atoms with van der Waals surface area (Å²) < 4.78 is 0. The van der Waals surface area contributed by atoms with E-state index in [4.69, 9.17) is 0 Å². The van der Waals surface area contributed by atoms with Crippen LogP contribution >= 0.6 is 0 Å². The van der Waals surface area contributed by atoms with Crippen molar-refractivity contribution in [2.45, 2.75) is 48.0 Å². The first-order valence-corrected chi connectivity index (χ1v) is 8.78. The molecule has 0 aliphatic carbocycles. The molecule has 3 aromatic rings. The molecule has 0 bridgehead atoms. The molecule has 4 heteroatoms. The summed E-state index contributed by atoms with van der Waals surface area (Å²) in [6.45, 7) is 16.0. The second-order valence-corrected chi connectivity index (χ2v) is 5.47. The molecule has 0 unspecified atom stereocenters. The number of aromatic amines is 2. The summed E-state index contributed by atoms with van der Waals surface area (Å²) in [6.07, 6.45) is 8.47. The molecule has 0 saturated carbocycles. The van der Waals surface area contributed by atoms with Gasteiger partial charge in [0, 0.05) is 5.56 Å². The molecule has 134 valence electrons. The van der Waals surface area contributed by atoms with Gasteiger partial charge in [0.15, 0.2) is 5.82 Å². The van der Waals surface area contributed by atoms with Gasteiger partial charge < -0.3 is 4.98 Å². The van der Waals surface area contributed by atoms with Crippen molar-refractivity contribution in [1.82, 2.24) is 20.2 Å². The molecule has 0 radical (unpaired) electrons. The number of hydrogen-bond acceptors (Lipinski definition) is 2. The fourth-order valence-electron chi connectivity index (χ4n) is 2.21. The Hall–Kier alpha value is -2.62. The van der Waals surface area contributed by atoms with Gasteiger partial charge in [-0.15, -0.1) is 6.58 Å². The number of rotatable bonds is 3. The van der Waals surface area contributed by atoms with E-state index in [9.17, 15) is 0 Å². The Morgan fingerprint density at radius 1 is 1.08 bits per heavy atom. The van der Waals surface area contributed by atoms with Gasteiger partial charge in [-0.05, 0) is 57.4 Å². The Labute approximate surface area is 151 Å². The molecular formula is C21H30N4. The maximum Gasteiger partial charge on any atom is 0.156 e. The zero-order valence-corrected chi connectivity index (χ0v) is 16.3. The molecule has 0 atom stereocenters. The summed E-state index contributed by atoms with van der Waals surface area (Å²) >= 11 is 0. The Morgan fingerprint density at radius 3 is 2.32 bits per heavy atom. The van der Waals surface area contributed by atoms with Crippen LogP contribution < -0.4 is 0 Å². The standard InChI is InChI=1S/C15H16N4.C4H8.C2H6/c1-4-5-11-8-16-19-14(11)15-17-12-6-9(2)10(3)7-13(12)18-15;1-3-4-2;1-2/h4,6-8H,1,5H2,2-3H3,(H,16,19)(H,17,18);3-4H,1-2H3;1-2H3/b;4-3-;. The molecule has 2 N–H and O–H groups in total. The van der Waals surface area contributed by atoms with Gasteiger partial charge in [0.2, 0.25) is 0 Å². The van der Waals surface area contributed by atoms with Crippen LogP contribution in [0.1, 0.15) is 44.4 Å². The first kappa shape index (κ1) is 20.4. The zero-order valence-electron chi connectivity index (χ0n) is 16.3. The third kappa shape index (κ3) is 5.18. The molecule has 0 fully saturated rings. The van der Waals surface area contributed by atoms with Gasteiger partial charge in [-0.25, -0.2) is 4.98 Å². The summed E-state index contributed by atoms with van der Waals surface area (Å²) in [5, 5.41) is 7.10. The lowest BCUT2D eigenvalue weighted by atomic mass is 10.1. The SMILES string of the molecule is C/C=C\C.C=CCc1cn[nH]c1-c1nc2cc(C)c(C)cc2[nH]1.CC. The highest BCUT2D eigenvalue weighted by Gasteiger charge is 2.11. The number of allylic oxidation sites excluding steroid dienone is 3. The van der Waals surface area contributed by atoms with E-state index in [1.807, 2.05) is 52.1 Å². The van der Waals surface area contributed by atoms with Gasteiger partial charge in [-0.3, -0.25) is 5.10 Å². The normalized spacial score (nSPS) is 10.2. The topological polar surface area (TPSA) is 57.4 Å². The number of nitrogens with zero attached hydrogens (tertiary/aromatic N) is 2. The van der Waals surface area contributed by atoms with Crippen molar-refractivity contribution in [3.8, 4) is 11.5 Å². The van der Waals surface area contributed by atoms with E-state index in [2.05, 4.69) is 52.7 Å². The van der Waals surface area contributed by atoms with Crippen LogP contribution in [0.4, 0.5) is 0 Å². The molecular weight excluding hydrogens is 308 g/mol. The third-order valence-corrected chi connectivity index (χ3v) is 3.75. The molecule has 2 heterocycles. The van der Waals surface area contributed by atoms with Crippen LogP contribution in [0.2, 0.25) is 0 Å². The van der Waals surface area contributed by atoms with Gasteiger partial charge in [-0.1, -0.05) is 32.1 Å². The molecule has 0 spiro atoms. The molecule has 1 aromatic carbocycles. The molecule has 2 aromatic heterocycles. The minimum Gasteiger partial charge on any atom is -0.337 e. The fourth-order valence-corrected chi connectivity index (χ4v) is 2.21. The maximum absolute atomic E-state index is 4.64. The summed E-state index contributed by atoms with van der Waals surface area (Å²) in [5.74, 6) is 0.828. The summed E-state index contributed by atoms with van der Waals surface area (Å²) in [4.78, 5) is 7.99. The fraction of sp³-hybridized carbons (Fsp3) is 0.333. The average Bonchev–Trinajstić information content (AvgIpc) is 3.24. The molecule has 3 rings (SSSR count). The molecule has 0 saturated heterocycles. The Morgan fingerprint density at radius 2 is 1.72 bits per heavy atom. The lowest BCUT2D eigenvalue weighted by molar-refractivity contribution is 1.08. The monoisotopic (exact) mass is 338 g/mol. The van der Waals surface area contributed by atoms with E-state index in [1.54, 1.807) is 0 Å². The highest BCUT2D eigenvalue weighted by atomic mass is 15.1. The van der Waals surface area contributed by atoms with Gasteiger partial charge >= 0.3 is 0 Å². The van der Waals surface area contributed by atoms with E-state index in [1.165, 1.54) is 11.1 Å². The van der Waals surface area contributed by atoms with E-state index in [0.717, 1.165) is 34.5 Å². The summed E-state index contributed by atoms with van der Waals surface area (Å²) in [5.41, 5.74) is 6.59. The minimum atomic E-state index is 0.779. The second kappa shape index (κ2) is 10.3. The predicted molar refractivity (Wildman–Crippen MR) is 109 cm³/mol. The van der Waals surface area contributed by atoms with Crippen LogP contribution in [0.5, 0.6) is 0 Å². The lowest BCUT2D eigenvalue weighted by Gasteiger charge is -1.97. The molecule has 0 aliphatic rings. The largest absolute Gasteiger partial charge is 0.337 e. The van der Waals surface area contributed by atoms with Crippen molar-refractivity contribution < 1.29 is 0 Å². The lowest BCUT2D eigenvalue weighted by Crippen LogP contribution is -1.86. The maximum atomic E-state index is 4.64. The molecule has 0 amide bonds. The van der Waals surface area contributed by atoms with Gasteiger partial charge in [-0.2, -0.15) is 5.10 Å². The molecule has 25 heavy (non-hydrogen) atoms. The highest BCUT2D eigenvalue weighted by molar-refractivity contribution is 5.80. The second-order valence-electron chi connectivity index (χ2n) is 5.47. The van der Waals surface area contributed by atoms with E-state index in [0.29, 0.717) is 0 Å². The van der Waals surface area contributed by atoms with Crippen LogP contribution in [0.15, 0.2) is 43.1 Å². The van der Waals surface area contributed by atoms with E-state index in [-0.39, 0.29) is 0 Å². The quantitative estimate of drug-likeness (QED) is 0.583. The Bertz CT molecular complexity index is 779. The number of aromatic nitrogens is 4. The van der Waals surface area contributed by atoms with Crippen LogP contribution in [-0.2, 0) is 6.42 Å². The molecule has 0 aliphatic heterocycles. The van der Waals surface area contributed by atoms with Gasteiger partial charge in [0.25, 0.3) is 0 Å². The zero-order chi connectivity index (χ0) is 18.8. The van der Waals surface area contributed by atoms with Crippen molar-refractivity contribution in [3.05, 3.63) is 59.8 Å². The van der Waals surface area contributed by atoms with E-state index < -0.39 is 0 Å². The van der Waals surface area contributed by atoms with Crippen molar-refractivity contribution in [2.75, 3.05) is 0 Å². The van der Waals surface area contributed by atoms with Crippen molar-refractivity contribution in [3.63, 3.8) is 0 Å². The smallest absolute Gasteiger partial charge is 0.156 e. The van der Waals surface area contributed by atoms with Crippen LogP contribution in [-0.4, -0.2) is 20.2 Å². The first-order valence-electron chi connectivity index (χ1n) is 8.78. The Kier molecular flexibility index (Phi) is 8.40. The van der Waals surface area contributed by atoms with Crippen molar-refractivity contribution in [2.24, 2.45) is 0 Å². The van der Waals surface area contributed by atoms with Crippen LogP contribution in [0.3, 0.4) is 0 Å².